The number of rotatable bonds is 8. The molecule has 150 valence electrons. The van der Waals surface area contributed by atoms with Gasteiger partial charge in [0.1, 0.15) is 11.1 Å². The summed E-state index contributed by atoms with van der Waals surface area (Å²) in [5.74, 6) is 0.807. The van der Waals surface area contributed by atoms with Crippen LogP contribution in [0.4, 0.5) is 0 Å². The summed E-state index contributed by atoms with van der Waals surface area (Å²) in [6.45, 7) is 4.07. The van der Waals surface area contributed by atoms with Gasteiger partial charge in [0.05, 0.1) is 14.2 Å². The molecule has 0 aliphatic carbocycles. The summed E-state index contributed by atoms with van der Waals surface area (Å²) in [6.07, 6.45) is 2.90. The van der Waals surface area contributed by atoms with Crippen molar-refractivity contribution in [3.05, 3.63) is 82.2 Å². The van der Waals surface area contributed by atoms with Crippen molar-refractivity contribution in [2.75, 3.05) is 20.8 Å². The largest absolute Gasteiger partial charge is 0.493 e. The Balaban J connectivity index is 1.72. The van der Waals surface area contributed by atoms with E-state index in [2.05, 4.69) is 11.9 Å². The molecule has 0 saturated heterocycles. The van der Waals surface area contributed by atoms with Crippen LogP contribution in [0.2, 0.25) is 0 Å². The third-order valence-corrected chi connectivity index (χ3v) is 4.60. The lowest BCUT2D eigenvalue weighted by Crippen LogP contribution is -2.30. The van der Waals surface area contributed by atoms with E-state index in [1.165, 1.54) is 0 Å². The van der Waals surface area contributed by atoms with Gasteiger partial charge in [-0.15, -0.1) is 6.58 Å². The minimum atomic E-state index is -0.655. The Morgan fingerprint density at radius 1 is 1.14 bits per heavy atom. The monoisotopic (exact) mass is 393 g/mol. The van der Waals surface area contributed by atoms with Crippen LogP contribution < -0.4 is 20.4 Å². The maximum absolute atomic E-state index is 12.5. The van der Waals surface area contributed by atoms with Crippen LogP contribution in [0.5, 0.6) is 11.5 Å². The smallest absolute Gasteiger partial charge is 0.349 e. The third kappa shape index (κ3) is 4.48. The molecule has 29 heavy (non-hydrogen) atoms. The van der Waals surface area contributed by atoms with Gasteiger partial charge in [0.25, 0.3) is 5.91 Å². The fourth-order valence-corrected chi connectivity index (χ4v) is 3.13. The zero-order valence-electron chi connectivity index (χ0n) is 16.5. The fraction of sp³-hybridized carbons (Fsp3) is 0.217. The normalized spacial score (nSPS) is 10.6. The van der Waals surface area contributed by atoms with Gasteiger partial charge in [0, 0.05) is 11.9 Å². The Kier molecular flexibility index (Phi) is 6.34. The van der Waals surface area contributed by atoms with E-state index in [4.69, 9.17) is 13.9 Å². The molecule has 6 heteroatoms. The summed E-state index contributed by atoms with van der Waals surface area (Å²) in [6, 6.07) is 12.7. The number of carbonyl (C=O) groups is 1. The molecular weight excluding hydrogens is 370 g/mol. The first-order chi connectivity index (χ1) is 14.1. The van der Waals surface area contributed by atoms with Crippen molar-refractivity contribution >= 4 is 16.9 Å². The van der Waals surface area contributed by atoms with Crippen LogP contribution in [0.25, 0.3) is 11.0 Å². The van der Waals surface area contributed by atoms with Gasteiger partial charge in [-0.05, 0) is 42.2 Å². The molecule has 0 atom stereocenters. The summed E-state index contributed by atoms with van der Waals surface area (Å²) in [5, 5.41) is 3.47. The molecule has 0 fully saturated rings. The molecule has 3 rings (SSSR count). The molecule has 0 radical (unpaired) electrons. The molecular formula is C23H23NO5. The predicted molar refractivity (Wildman–Crippen MR) is 112 cm³/mol. The first-order valence-electron chi connectivity index (χ1n) is 9.23. The van der Waals surface area contributed by atoms with Gasteiger partial charge in [0.15, 0.2) is 11.5 Å². The van der Waals surface area contributed by atoms with Crippen molar-refractivity contribution < 1.29 is 18.7 Å². The van der Waals surface area contributed by atoms with Crippen molar-refractivity contribution in [1.29, 1.82) is 0 Å². The Labute approximate surface area is 168 Å². The second-order valence-corrected chi connectivity index (χ2v) is 6.47. The summed E-state index contributed by atoms with van der Waals surface area (Å²) in [5.41, 5.74) is 1.65. The predicted octanol–water partition coefficient (Wildman–Crippen LogP) is 3.51. The second-order valence-electron chi connectivity index (χ2n) is 6.47. The number of nitrogens with one attached hydrogen (secondary N) is 1. The molecule has 0 spiro atoms. The molecule has 0 aliphatic heterocycles. The van der Waals surface area contributed by atoms with E-state index in [0.29, 0.717) is 41.9 Å². The van der Waals surface area contributed by atoms with E-state index in [9.17, 15) is 9.59 Å². The summed E-state index contributed by atoms with van der Waals surface area (Å²) < 4.78 is 15.9. The van der Waals surface area contributed by atoms with Crippen molar-refractivity contribution in [3.63, 3.8) is 0 Å². The Morgan fingerprint density at radius 2 is 1.93 bits per heavy atom. The van der Waals surface area contributed by atoms with E-state index in [1.807, 2.05) is 36.4 Å². The van der Waals surface area contributed by atoms with Gasteiger partial charge in [-0.1, -0.05) is 30.3 Å². The van der Waals surface area contributed by atoms with Crippen LogP contribution in [0.1, 0.15) is 21.5 Å². The molecule has 1 aromatic heterocycles. The van der Waals surface area contributed by atoms with Gasteiger partial charge in [-0.2, -0.15) is 0 Å². The number of amides is 1. The average molecular weight is 393 g/mol. The molecule has 1 heterocycles. The van der Waals surface area contributed by atoms with Crippen molar-refractivity contribution in [1.82, 2.24) is 5.32 Å². The van der Waals surface area contributed by atoms with Crippen LogP contribution in [-0.4, -0.2) is 26.7 Å². The Bertz CT molecular complexity index is 1100. The number of allylic oxidation sites excluding steroid dienone is 1. The van der Waals surface area contributed by atoms with Crippen molar-refractivity contribution in [2.45, 2.75) is 12.8 Å². The maximum Gasteiger partial charge on any atom is 0.349 e. The highest BCUT2D eigenvalue weighted by molar-refractivity contribution is 5.97. The molecule has 0 bridgehead atoms. The fourth-order valence-electron chi connectivity index (χ4n) is 3.13. The Hall–Kier alpha value is -3.54. The third-order valence-electron chi connectivity index (χ3n) is 4.60. The number of fused-ring (bicyclic) bond motifs is 1. The highest BCUT2D eigenvalue weighted by Crippen LogP contribution is 2.27. The SMILES string of the molecule is C=CCc1cccc2cc(C(=O)NCCc3ccc(OC)c(OC)c3)c(=O)oc12. The molecule has 1 amide bonds. The number of hydrogen-bond donors (Lipinski definition) is 1. The van der Waals surface area contributed by atoms with Crippen LogP contribution in [0, 0.1) is 0 Å². The van der Waals surface area contributed by atoms with E-state index >= 15 is 0 Å². The second kappa shape index (κ2) is 9.10. The van der Waals surface area contributed by atoms with E-state index in [0.717, 1.165) is 11.1 Å². The number of para-hydroxylation sites is 1. The van der Waals surface area contributed by atoms with Crippen LogP contribution in [-0.2, 0) is 12.8 Å². The van der Waals surface area contributed by atoms with Gasteiger partial charge < -0.3 is 19.2 Å². The highest BCUT2D eigenvalue weighted by Gasteiger charge is 2.15. The Morgan fingerprint density at radius 3 is 2.66 bits per heavy atom. The minimum absolute atomic E-state index is 0.0134. The number of methoxy groups -OCH3 is 2. The first-order valence-corrected chi connectivity index (χ1v) is 9.23. The van der Waals surface area contributed by atoms with Crippen LogP contribution >= 0.6 is 0 Å². The molecule has 1 N–H and O–H groups in total. The molecule has 2 aromatic carbocycles. The van der Waals surface area contributed by atoms with E-state index in [-0.39, 0.29) is 5.56 Å². The summed E-state index contributed by atoms with van der Waals surface area (Å²) in [7, 11) is 3.15. The van der Waals surface area contributed by atoms with Gasteiger partial charge >= 0.3 is 5.63 Å². The zero-order valence-corrected chi connectivity index (χ0v) is 16.5. The van der Waals surface area contributed by atoms with E-state index < -0.39 is 11.5 Å². The van der Waals surface area contributed by atoms with Gasteiger partial charge in [0.2, 0.25) is 0 Å². The average Bonchev–Trinajstić information content (AvgIpc) is 2.73. The minimum Gasteiger partial charge on any atom is -0.493 e. The van der Waals surface area contributed by atoms with Crippen LogP contribution in [0.15, 0.2) is 64.3 Å². The van der Waals surface area contributed by atoms with Gasteiger partial charge in [-0.25, -0.2) is 4.79 Å². The quantitative estimate of drug-likeness (QED) is 0.468. The number of ether oxygens (including phenoxy) is 2. The molecule has 0 saturated carbocycles. The topological polar surface area (TPSA) is 77.8 Å². The van der Waals surface area contributed by atoms with E-state index in [1.54, 1.807) is 26.4 Å². The van der Waals surface area contributed by atoms with Crippen molar-refractivity contribution in [3.8, 4) is 11.5 Å². The number of hydrogen-bond acceptors (Lipinski definition) is 5. The highest BCUT2D eigenvalue weighted by atomic mass is 16.5. The van der Waals surface area contributed by atoms with Crippen LogP contribution in [0.3, 0.4) is 0 Å². The molecule has 6 nitrogen and oxygen atoms in total. The molecule has 0 unspecified atom stereocenters. The number of benzene rings is 2. The standard InChI is InChI=1S/C23H23NO5/c1-4-6-16-7-5-8-17-14-18(23(26)29-21(16)17)22(25)24-12-11-15-9-10-19(27-2)20(13-15)28-3/h4-5,7-10,13-14H,1,6,11-12H2,2-3H3,(H,24,25). The maximum atomic E-state index is 12.5. The first kappa shape index (κ1) is 20.2. The zero-order chi connectivity index (χ0) is 20.8. The molecule has 0 aliphatic rings. The van der Waals surface area contributed by atoms with Crippen molar-refractivity contribution in [2.24, 2.45) is 0 Å². The van der Waals surface area contributed by atoms with Gasteiger partial charge in [-0.3, -0.25) is 4.79 Å². The lowest BCUT2D eigenvalue weighted by Gasteiger charge is -2.10. The summed E-state index contributed by atoms with van der Waals surface area (Å²) >= 11 is 0. The number of carbonyl (C=O) groups excluding carboxylic acids is 1. The molecule has 3 aromatic rings. The lowest BCUT2D eigenvalue weighted by molar-refractivity contribution is 0.0950. The lowest BCUT2D eigenvalue weighted by atomic mass is 10.1. The summed E-state index contributed by atoms with van der Waals surface area (Å²) in [4.78, 5) is 24.8.